The minimum Gasteiger partial charge on any atom is -0.370 e. The Labute approximate surface area is 112 Å². The van der Waals surface area contributed by atoms with E-state index in [4.69, 9.17) is 0 Å². The second-order valence-electron chi connectivity index (χ2n) is 3.95. The van der Waals surface area contributed by atoms with Crippen LogP contribution in [-0.2, 0) is 9.53 Å². The van der Waals surface area contributed by atoms with Crippen LogP contribution in [0.5, 0.6) is 0 Å². The monoisotopic (exact) mass is 312 g/mol. The Kier molecular flexibility index (Phi) is 6.95. The van der Waals surface area contributed by atoms with Gasteiger partial charge in [-0.15, -0.1) is 12.4 Å². The van der Waals surface area contributed by atoms with Crippen molar-refractivity contribution in [3.63, 3.8) is 0 Å². The minimum absolute atomic E-state index is 0. The number of alkyl halides is 5. The fraction of sp³-hybridized carbons (Fsp3) is 0.889. The molecule has 1 fully saturated rings. The summed E-state index contributed by atoms with van der Waals surface area (Å²) < 4.78 is 64.7. The Hall–Kier alpha value is -0.670. The number of carbonyl (C=O) groups is 1. The highest BCUT2D eigenvalue weighted by molar-refractivity contribution is 5.85. The molecule has 4 nitrogen and oxygen atoms in total. The summed E-state index contributed by atoms with van der Waals surface area (Å²) in [5.74, 6) is -3.59. The molecule has 1 amide bonds. The quantitative estimate of drug-likeness (QED) is 0.590. The number of rotatable bonds is 5. The van der Waals surface area contributed by atoms with Gasteiger partial charge in [0, 0.05) is 13.0 Å². The van der Waals surface area contributed by atoms with Gasteiger partial charge in [-0.05, 0) is 0 Å². The zero-order chi connectivity index (χ0) is 13.8. The Morgan fingerprint density at radius 2 is 2.05 bits per heavy atom. The first-order chi connectivity index (χ1) is 8.20. The lowest BCUT2D eigenvalue weighted by molar-refractivity contribution is -0.173. The highest BCUT2D eigenvalue weighted by Gasteiger charge is 2.42. The van der Waals surface area contributed by atoms with E-state index >= 15 is 0 Å². The zero-order valence-electron chi connectivity index (χ0n) is 9.73. The molecule has 1 atom stereocenters. The molecule has 1 unspecified atom stereocenters. The van der Waals surface area contributed by atoms with E-state index in [-0.39, 0.29) is 25.6 Å². The van der Waals surface area contributed by atoms with Crippen molar-refractivity contribution in [2.24, 2.45) is 0 Å². The standard InChI is InChI=1S/C9H13F5N2O2.ClH/c10-8(11)3-6(16-4-8)7(17)15-1-2-18-5-9(12,13)14;/h6,16H,1-5H2,(H,15,17);1H. The molecule has 10 heteroatoms. The Morgan fingerprint density at radius 3 is 2.53 bits per heavy atom. The van der Waals surface area contributed by atoms with Gasteiger partial charge in [0.2, 0.25) is 5.91 Å². The third-order valence-corrected chi connectivity index (χ3v) is 2.24. The van der Waals surface area contributed by atoms with Crippen LogP contribution in [0.4, 0.5) is 22.0 Å². The Bertz CT molecular complexity index is 301. The lowest BCUT2D eigenvalue weighted by Crippen LogP contribution is -2.41. The molecule has 114 valence electrons. The van der Waals surface area contributed by atoms with Crippen molar-refractivity contribution in [2.45, 2.75) is 24.6 Å². The molecule has 2 N–H and O–H groups in total. The lowest BCUT2D eigenvalue weighted by atomic mass is 10.2. The van der Waals surface area contributed by atoms with Crippen molar-refractivity contribution in [1.29, 1.82) is 0 Å². The highest BCUT2D eigenvalue weighted by Crippen LogP contribution is 2.24. The minimum atomic E-state index is -4.42. The third kappa shape index (κ3) is 7.48. The molecule has 0 aromatic rings. The second-order valence-corrected chi connectivity index (χ2v) is 3.95. The van der Waals surface area contributed by atoms with Crippen LogP contribution in [0.15, 0.2) is 0 Å². The van der Waals surface area contributed by atoms with E-state index in [2.05, 4.69) is 15.4 Å². The molecule has 0 spiro atoms. The van der Waals surface area contributed by atoms with E-state index in [1.54, 1.807) is 0 Å². The topological polar surface area (TPSA) is 50.4 Å². The van der Waals surface area contributed by atoms with Gasteiger partial charge in [-0.25, -0.2) is 8.78 Å². The van der Waals surface area contributed by atoms with Crippen LogP contribution in [0.3, 0.4) is 0 Å². The fourth-order valence-corrected chi connectivity index (χ4v) is 1.46. The van der Waals surface area contributed by atoms with Gasteiger partial charge in [-0.2, -0.15) is 13.2 Å². The molecule has 1 saturated heterocycles. The van der Waals surface area contributed by atoms with Crippen molar-refractivity contribution >= 4 is 18.3 Å². The summed E-state index contributed by atoms with van der Waals surface area (Å²) in [4.78, 5) is 11.3. The van der Waals surface area contributed by atoms with Gasteiger partial charge < -0.3 is 10.1 Å². The average molecular weight is 313 g/mol. The van der Waals surface area contributed by atoms with Crippen molar-refractivity contribution < 1.29 is 31.5 Å². The molecular formula is C9H14ClF5N2O2. The van der Waals surface area contributed by atoms with Crippen molar-refractivity contribution in [3.05, 3.63) is 0 Å². The summed E-state index contributed by atoms with van der Waals surface area (Å²) in [6, 6.07) is -1.01. The molecular weight excluding hydrogens is 299 g/mol. The molecule has 1 aliphatic rings. The van der Waals surface area contributed by atoms with Gasteiger partial charge in [0.15, 0.2) is 0 Å². The molecule has 0 aromatic carbocycles. The number of halogens is 6. The number of ether oxygens (including phenoxy) is 1. The van der Waals surface area contributed by atoms with Crippen LogP contribution in [0.25, 0.3) is 0 Å². The van der Waals surface area contributed by atoms with Crippen molar-refractivity contribution in [2.75, 3.05) is 26.3 Å². The van der Waals surface area contributed by atoms with E-state index < -0.39 is 43.6 Å². The normalized spacial score (nSPS) is 21.8. The molecule has 19 heavy (non-hydrogen) atoms. The Balaban J connectivity index is 0.00000324. The zero-order valence-corrected chi connectivity index (χ0v) is 10.5. The van der Waals surface area contributed by atoms with E-state index in [0.29, 0.717) is 0 Å². The number of hydrogen-bond acceptors (Lipinski definition) is 3. The number of amides is 1. The predicted octanol–water partition coefficient (Wildman–Crippen LogP) is 1.10. The van der Waals surface area contributed by atoms with E-state index in [1.165, 1.54) is 0 Å². The maximum absolute atomic E-state index is 12.7. The van der Waals surface area contributed by atoms with Crippen molar-refractivity contribution in [1.82, 2.24) is 10.6 Å². The second kappa shape index (κ2) is 7.20. The van der Waals surface area contributed by atoms with Crippen LogP contribution >= 0.6 is 12.4 Å². The summed E-state index contributed by atoms with van der Waals surface area (Å²) in [7, 11) is 0. The van der Waals surface area contributed by atoms with E-state index in [1.807, 2.05) is 0 Å². The van der Waals surface area contributed by atoms with Gasteiger partial charge in [0.25, 0.3) is 5.92 Å². The van der Waals surface area contributed by atoms with Crippen LogP contribution < -0.4 is 10.6 Å². The van der Waals surface area contributed by atoms with Gasteiger partial charge in [0.1, 0.15) is 6.61 Å². The fourth-order valence-electron chi connectivity index (χ4n) is 1.46. The first-order valence-corrected chi connectivity index (χ1v) is 5.23. The van der Waals surface area contributed by atoms with Crippen molar-refractivity contribution in [3.8, 4) is 0 Å². The first-order valence-electron chi connectivity index (χ1n) is 5.23. The molecule has 1 rings (SSSR count). The van der Waals surface area contributed by atoms with Crippen LogP contribution in [-0.4, -0.2) is 50.4 Å². The van der Waals surface area contributed by atoms with Gasteiger partial charge in [-0.1, -0.05) is 0 Å². The van der Waals surface area contributed by atoms with E-state index in [9.17, 15) is 26.7 Å². The summed E-state index contributed by atoms with van der Waals surface area (Å²) in [6.45, 7) is -2.45. The molecule has 0 bridgehead atoms. The molecule has 0 aromatic heterocycles. The van der Waals surface area contributed by atoms with Gasteiger partial charge in [0.05, 0.1) is 19.2 Å². The number of carbonyl (C=O) groups excluding carboxylic acids is 1. The number of hydrogen-bond donors (Lipinski definition) is 2. The predicted molar refractivity (Wildman–Crippen MR) is 58.5 cm³/mol. The molecule has 0 radical (unpaired) electrons. The summed E-state index contributed by atoms with van der Waals surface area (Å²) >= 11 is 0. The molecule has 1 aliphatic heterocycles. The highest BCUT2D eigenvalue weighted by atomic mass is 35.5. The SMILES string of the molecule is Cl.O=C(NCCOCC(F)(F)F)C1CC(F)(F)CN1. The maximum atomic E-state index is 12.7. The van der Waals surface area contributed by atoms with E-state index in [0.717, 1.165) is 0 Å². The summed E-state index contributed by atoms with van der Waals surface area (Å²) in [5, 5.41) is 4.55. The third-order valence-electron chi connectivity index (χ3n) is 2.24. The molecule has 1 heterocycles. The smallest absolute Gasteiger partial charge is 0.370 e. The number of nitrogens with one attached hydrogen (secondary N) is 2. The molecule has 0 aliphatic carbocycles. The van der Waals surface area contributed by atoms with Crippen LogP contribution in [0, 0.1) is 0 Å². The Morgan fingerprint density at radius 1 is 1.42 bits per heavy atom. The van der Waals surface area contributed by atoms with Crippen LogP contribution in [0.2, 0.25) is 0 Å². The largest absolute Gasteiger partial charge is 0.411 e. The van der Waals surface area contributed by atoms with Crippen LogP contribution in [0.1, 0.15) is 6.42 Å². The maximum Gasteiger partial charge on any atom is 0.411 e. The first kappa shape index (κ1) is 18.3. The van der Waals surface area contributed by atoms with Gasteiger partial charge >= 0.3 is 6.18 Å². The summed E-state index contributed by atoms with van der Waals surface area (Å²) in [5.41, 5.74) is 0. The summed E-state index contributed by atoms with van der Waals surface area (Å²) in [6.07, 6.45) is -5.03. The molecule has 0 saturated carbocycles. The van der Waals surface area contributed by atoms with Gasteiger partial charge in [-0.3, -0.25) is 10.1 Å². The lowest BCUT2D eigenvalue weighted by Gasteiger charge is -2.12. The average Bonchev–Trinajstić information content (AvgIpc) is 2.56.